The zero-order valence-corrected chi connectivity index (χ0v) is 18.1. The Kier molecular flexibility index (Phi) is 8.83. The summed E-state index contributed by atoms with van der Waals surface area (Å²) in [5.74, 6) is -1.66. The second-order valence-corrected chi connectivity index (χ2v) is 7.56. The van der Waals surface area contributed by atoms with Crippen LogP contribution in [0.3, 0.4) is 0 Å². The molecule has 0 aliphatic carbocycles. The van der Waals surface area contributed by atoms with E-state index in [9.17, 15) is 18.0 Å². The summed E-state index contributed by atoms with van der Waals surface area (Å²) in [5, 5.41) is 8.29. The minimum atomic E-state index is -3.08. The Morgan fingerprint density at radius 3 is 2.26 bits per heavy atom. The third-order valence-corrected chi connectivity index (χ3v) is 5.25. The maximum Gasteiger partial charge on any atom is 0.281 e. The third kappa shape index (κ3) is 6.18. The fraction of sp³-hybridized carbons (Fsp3) is 0.227. The molecule has 0 heterocycles. The summed E-state index contributed by atoms with van der Waals surface area (Å²) in [4.78, 5) is 17.6. The summed E-state index contributed by atoms with van der Waals surface area (Å²) < 4.78 is 39.9. The summed E-state index contributed by atoms with van der Waals surface area (Å²) in [5.41, 5.74) is -0.294. The minimum Gasteiger partial charge on any atom is -0.334 e. The van der Waals surface area contributed by atoms with Crippen molar-refractivity contribution in [3.63, 3.8) is 0 Å². The van der Waals surface area contributed by atoms with Crippen LogP contribution in [0.5, 0.6) is 0 Å². The lowest BCUT2D eigenvalue weighted by atomic mass is 9.99. The van der Waals surface area contributed by atoms with Crippen molar-refractivity contribution in [2.45, 2.75) is 25.8 Å². The number of aliphatic imine (C=N–C) groups is 1. The van der Waals surface area contributed by atoms with Crippen LogP contribution in [0.25, 0.3) is 0 Å². The number of carbonyl (C=O) groups excluding carboxylic acids is 1. The van der Waals surface area contributed by atoms with Crippen LogP contribution in [0.2, 0.25) is 10.0 Å². The SMILES string of the molecule is C=N/C(=C(\C=N)C(=O)N(Cc1ccc(F)cc1)CC(C)c1c(Cl)cccc1Cl)C(F)F. The second-order valence-electron chi connectivity index (χ2n) is 6.75. The van der Waals surface area contributed by atoms with Crippen molar-refractivity contribution < 1.29 is 18.0 Å². The number of benzene rings is 2. The van der Waals surface area contributed by atoms with E-state index in [1.807, 2.05) is 0 Å². The number of halogens is 5. The van der Waals surface area contributed by atoms with E-state index in [0.717, 1.165) is 0 Å². The van der Waals surface area contributed by atoms with Gasteiger partial charge in [0.15, 0.2) is 0 Å². The minimum absolute atomic E-state index is 0.0173. The van der Waals surface area contributed by atoms with Crippen molar-refractivity contribution >= 4 is 42.0 Å². The van der Waals surface area contributed by atoms with Crippen LogP contribution in [-0.4, -0.2) is 36.7 Å². The highest BCUT2D eigenvalue weighted by Gasteiger charge is 2.27. The summed E-state index contributed by atoms with van der Waals surface area (Å²) in [7, 11) is 0. The van der Waals surface area contributed by atoms with Crippen molar-refractivity contribution in [3.05, 3.63) is 80.7 Å². The first-order chi connectivity index (χ1) is 14.7. The Bertz CT molecular complexity index is 974. The van der Waals surface area contributed by atoms with Gasteiger partial charge in [0.2, 0.25) is 0 Å². The van der Waals surface area contributed by atoms with Crippen molar-refractivity contribution in [1.29, 1.82) is 5.41 Å². The molecule has 2 aromatic rings. The number of alkyl halides is 2. The van der Waals surface area contributed by atoms with Gasteiger partial charge in [-0.1, -0.05) is 48.3 Å². The van der Waals surface area contributed by atoms with Gasteiger partial charge in [-0.25, -0.2) is 13.2 Å². The van der Waals surface area contributed by atoms with Gasteiger partial charge < -0.3 is 10.3 Å². The van der Waals surface area contributed by atoms with Crippen molar-refractivity contribution in [1.82, 2.24) is 4.90 Å². The van der Waals surface area contributed by atoms with Gasteiger partial charge in [0.25, 0.3) is 12.3 Å². The van der Waals surface area contributed by atoms with Crippen molar-refractivity contribution in [2.24, 2.45) is 4.99 Å². The topological polar surface area (TPSA) is 56.5 Å². The zero-order chi connectivity index (χ0) is 23.1. The molecule has 0 aromatic heterocycles. The van der Waals surface area contributed by atoms with Crippen LogP contribution < -0.4 is 0 Å². The molecule has 2 rings (SSSR count). The molecule has 1 N–H and O–H groups in total. The number of hydrogen-bond donors (Lipinski definition) is 1. The Balaban J connectivity index is 2.47. The zero-order valence-electron chi connectivity index (χ0n) is 16.6. The first-order valence-electron chi connectivity index (χ1n) is 9.16. The normalized spacial score (nSPS) is 12.9. The van der Waals surface area contributed by atoms with E-state index < -0.39 is 29.4 Å². The molecule has 0 spiro atoms. The summed E-state index contributed by atoms with van der Waals surface area (Å²) in [6.07, 6.45) is -2.55. The molecule has 0 aliphatic rings. The van der Waals surface area contributed by atoms with Gasteiger partial charge in [-0.3, -0.25) is 9.79 Å². The molecular weight excluding hydrogens is 450 g/mol. The quantitative estimate of drug-likeness (QED) is 0.348. The summed E-state index contributed by atoms with van der Waals surface area (Å²) in [6, 6.07) is 10.4. The highest BCUT2D eigenvalue weighted by molar-refractivity contribution is 6.36. The van der Waals surface area contributed by atoms with E-state index in [2.05, 4.69) is 11.7 Å². The highest BCUT2D eigenvalue weighted by Crippen LogP contribution is 2.32. The fourth-order valence-corrected chi connectivity index (χ4v) is 3.89. The molecule has 4 nitrogen and oxygen atoms in total. The Morgan fingerprint density at radius 1 is 1.19 bits per heavy atom. The van der Waals surface area contributed by atoms with E-state index in [0.29, 0.717) is 27.4 Å². The number of amides is 1. The number of allylic oxidation sites excluding steroid dienone is 1. The van der Waals surface area contributed by atoms with Gasteiger partial charge >= 0.3 is 0 Å². The number of hydrogen-bond acceptors (Lipinski definition) is 3. The Morgan fingerprint density at radius 2 is 1.77 bits per heavy atom. The van der Waals surface area contributed by atoms with Crippen LogP contribution >= 0.6 is 23.2 Å². The largest absolute Gasteiger partial charge is 0.334 e. The molecule has 0 fully saturated rings. The molecular formula is C22H20Cl2F3N3O. The summed E-state index contributed by atoms with van der Waals surface area (Å²) in [6.45, 7) is 4.89. The Hall–Kier alpha value is -2.64. The highest BCUT2D eigenvalue weighted by atomic mass is 35.5. The van der Waals surface area contributed by atoms with Gasteiger partial charge in [-0.2, -0.15) is 0 Å². The fourth-order valence-electron chi connectivity index (χ4n) is 3.12. The van der Waals surface area contributed by atoms with Gasteiger partial charge in [0, 0.05) is 35.3 Å². The van der Waals surface area contributed by atoms with Crippen LogP contribution in [-0.2, 0) is 11.3 Å². The van der Waals surface area contributed by atoms with E-state index in [1.165, 1.54) is 29.2 Å². The molecule has 0 saturated carbocycles. The van der Waals surface area contributed by atoms with Crippen LogP contribution in [0.4, 0.5) is 13.2 Å². The molecule has 1 atom stereocenters. The lowest BCUT2D eigenvalue weighted by Gasteiger charge is -2.28. The molecule has 2 aromatic carbocycles. The average molecular weight is 470 g/mol. The molecule has 0 aliphatic heterocycles. The van der Waals surface area contributed by atoms with E-state index in [4.69, 9.17) is 28.6 Å². The summed E-state index contributed by atoms with van der Waals surface area (Å²) >= 11 is 12.5. The van der Waals surface area contributed by atoms with Gasteiger partial charge in [0.1, 0.15) is 11.5 Å². The van der Waals surface area contributed by atoms with E-state index in [1.54, 1.807) is 25.1 Å². The number of rotatable bonds is 9. The maximum atomic E-state index is 13.3. The van der Waals surface area contributed by atoms with Gasteiger partial charge in [-0.15, -0.1) is 0 Å². The van der Waals surface area contributed by atoms with Gasteiger partial charge in [-0.05, 0) is 42.1 Å². The monoisotopic (exact) mass is 469 g/mol. The number of nitrogens with one attached hydrogen (secondary N) is 1. The predicted octanol–water partition coefficient (Wildman–Crippen LogP) is 6.13. The number of carbonyl (C=O) groups is 1. The molecule has 9 heteroatoms. The first-order valence-corrected chi connectivity index (χ1v) is 9.92. The predicted molar refractivity (Wildman–Crippen MR) is 118 cm³/mol. The lowest BCUT2D eigenvalue weighted by molar-refractivity contribution is -0.127. The average Bonchev–Trinajstić information content (AvgIpc) is 2.72. The first kappa shape index (κ1) is 24.6. The molecule has 164 valence electrons. The van der Waals surface area contributed by atoms with Gasteiger partial charge in [0.05, 0.1) is 5.57 Å². The lowest BCUT2D eigenvalue weighted by Crippen LogP contribution is -2.36. The van der Waals surface area contributed by atoms with Crippen molar-refractivity contribution in [3.8, 4) is 0 Å². The van der Waals surface area contributed by atoms with E-state index >= 15 is 0 Å². The molecule has 1 unspecified atom stereocenters. The standard InChI is InChI=1S/C22H20Cl2F3N3O/c1-13(19-17(23)4-3-5-18(19)24)11-30(12-14-6-8-15(25)9-7-14)22(31)16(10-28)20(29-2)21(26)27/h3-10,13,21,28H,2,11-12H2,1H3/b20-16+,28-10?. The Labute approximate surface area is 188 Å². The molecule has 0 saturated heterocycles. The maximum absolute atomic E-state index is 13.3. The molecule has 0 radical (unpaired) electrons. The third-order valence-electron chi connectivity index (χ3n) is 4.59. The van der Waals surface area contributed by atoms with Crippen LogP contribution in [0.1, 0.15) is 24.0 Å². The molecule has 0 bridgehead atoms. The van der Waals surface area contributed by atoms with E-state index in [-0.39, 0.29) is 19.0 Å². The molecule has 31 heavy (non-hydrogen) atoms. The van der Waals surface area contributed by atoms with Crippen LogP contribution in [0.15, 0.2) is 58.7 Å². The second kappa shape index (κ2) is 11.1. The smallest absolute Gasteiger partial charge is 0.281 e. The van der Waals surface area contributed by atoms with Crippen molar-refractivity contribution in [2.75, 3.05) is 6.54 Å². The molecule has 1 amide bonds. The number of nitrogens with zero attached hydrogens (tertiary/aromatic N) is 2. The van der Waals surface area contributed by atoms with Crippen LogP contribution in [0, 0.1) is 11.2 Å².